The van der Waals surface area contributed by atoms with Crippen LogP contribution in [0.1, 0.15) is 29.3 Å². The highest BCUT2D eigenvalue weighted by Crippen LogP contribution is 2.14. The van der Waals surface area contributed by atoms with E-state index in [0.717, 1.165) is 56.0 Å². The van der Waals surface area contributed by atoms with Gasteiger partial charge in [-0.3, -0.25) is 4.79 Å². The maximum atomic E-state index is 12.7. The zero-order chi connectivity index (χ0) is 17.5. The Morgan fingerprint density at radius 3 is 2.44 bits per heavy atom. The lowest BCUT2D eigenvalue weighted by Crippen LogP contribution is -2.35. The molecule has 0 saturated carbocycles. The number of hydrogen-bond acceptors (Lipinski definition) is 3. The molecule has 1 aliphatic heterocycles. The van der Waals surface area contributed by atoms with E-state index in [1.807, 2.05) is 59.5 Å². The second-order valence-electron chi connectivity index (χ2n) is 6.38. The van der Waals surface area contributed by atoms with Crippen LogP contribution in [0.15, 0.2) is 54.6 Å². The van der Waals surface area contributed by atoms with E-state index in [9.17, 15) is 4.79 Å². The van der Waals surface area contributed by atoms with E-state index in [1.165, 1.54) is 0 Å². The predicted octanol–water partition coefficient (Wildman–Crippen LogP) is 3.43. The van der Waals surface area contributed by atoms with Crippen molar-refractivity contribution < 1.29 is 9.53 Å². The topological polar surface area (TPSA) is 32.8 Å². The molecule has 0 aromatic heterocycles. The Bertz CT molecular complexity index is 670. The van der Waals surface area contributed by atoms with Crippen LogP contribution in [0.2, 0.25) is 0 Å². The highest BCUT2D eigenvalue weighted by Gasteiger charge is 2.19. The van der Waals surface area contributed by atoms with Crippen LogP contribution in [0.4, 0.5) is 0 Å². The summed E-state index contributed by atoms with van der Waals surface area (Å²) in [4.78, 5) is 17.1. The molecule has 1 saturated heterocycles. The van der Waals surface area contributed by atoms with E-state index >= 15 is 0 Å². The minimum atomic E-state index is 0.133. The summed E-state index contributed by atoms with van der Waals surface area (Å²) in [7, 11) is 0. The second kappa shape index (κ2) is 8.67. The molecular formula is C21H26N2O2. The third-order valence-corrected chi connectivity index (χ3v) is 4.67. The zero-order valence-corrected chi connectivity index (χ0v) is 14.9. The monoisotopic (exact) mass is 338 g/mol. The van der Waals surface area contributed by atoms with Crippen LogP contribution in [0.5, 0.6) is 5.75 Å². The number of benzene rings is 2. The Morgan fingerprint density at radius 1 is 0.960 bits per heavy atom. The van der Waals surface area contributed by atoms with Crippen molar-refractivity contribution in [3.05, 3.63) is 65.7 Å². The first-order valence-corrected chi connectivity index (χ1v) is 9.04. The molecular weight excluding hydrogens is 312 g/mol. The van der Waals surface area contributed by atoms with E-state index in [-0.39, 0.29) is 5.91 Å². The van der Waals surface area contributed by atoms with Crippen LogP contribution in [0.3, 0.4) is 0 Å². The molecule has 0 aliphatic carbocycles. The zero-order valence-electron chi connectivity index (χ0n) is 14.9. The molecule has 132 valence electrons. The first-order chi connectivity index (χ1) is 12.3. The van der Waals surface area contributed by atoms with Gasteiger partial charge in [0.05, 0.1) is 0 Å². The van der Waals surface area contributed by atoms with Gasteiger partial charge in [0.25, 0.3) is 5.91 Å². The number of rotatable bonds is 5. The average molecular weight is 338 g/mol. The Kier molecular flexibility index (Phi) is 6.07. The van der Waals surface area contributed by atoms with E-state index in [0.29, 0.717) is 6.61 Å². The summed E-state index contributed by atoms with van der Waals surface area (Å²) >= 11 is 0. The van der Waals surface area contributed by atoms with Crippen molar-refractivity contribution in [1.82, 2.24) is 9.80 Å². The van der Waals surface area contributed by atoms with E-state index in [2.05, 4.69) is 11.8 Å². The smallest absolute Gasteiger partial charge is 0.253 e. The molecule has 0 atom stereocenters. The number of hydrogen-bond donors (Lipinski definition) is 0. The predicted molar refractivity (Wildman–Crippen MR) is 99.9 cm³/mol. The minimum absolute atomic E-state index is 0.133. The van der Waals surface area contributed by atoms with Crippen molar-refractivity contribution in [1.29, 1.82) is 0 Å². The molecule has 2 aromatic carbocycles. The molecule has 4 heteroatoms. The van der Waals surface area contributed by atoms with Crippen LogP contribution in [0.25, 0.3) is 0 Å². The van der Waals surface area contributed by atoms with Gasteiger partial charge in [-0.05, 0) is 49.3 Å². The van der Waals surface area contributed by atoms with Crippen molar-refractivity contribution in [2.75, 3.05) is 32.7 Å². The Hall–Kier alpha value is -2.33. The molecule has 3 rings (SSSR count). The van der Waals surface area contributed by atoms with E-state index in [1.54, 1.807) is 0 Å². The van der Waals surface area contributed by atoms with Gasteiger partial charge in [-0.15, -0.1) is 0 Å². The number of carbonyl (C=O) groups is 1. The molecule has 0 N–H and O–H groups in total. The third-order valence-electron chi connectivity index (χ3n) is 4.67. The number of para-hydroxylation sites is 1. The van der Waals surface area contributed by atoms with E-state index < -0.39 is 0 Å². The molecule has 2 aromatic rings. The fourth-order valence-electron chi connectivity index (χ4n) is 3.10. The van der Waals surface area contributed by atoms with E-state index in [4.69, 9.17) is 4.74 Å². The van der Waals surface area contributed by atoms with Crippen LogP contribution >= 0.6 is 0 Å². The Morgan fingerprint density at radius 2 is 1.72 bits per heavy atom. The molecule has 0 bridgehead atoms. The fraction of sp³-hybridized carbons (Fsp3) is 0.381. The normalized spacial score (nSPS) is 15.6. The first kappa shape index (κ1) is 17.5. The van der Waals surface area contributed by atoms with Crippen LogP contribution in [-0.4, -0.2) is 48.4 Å². The number of likely N-dealkylation sites (N-methyl/N-ethyl adjacent to an activating group) is 1. The molecule has 1 fully saturated rings. The van der Waals surface area contributed by atoms with Gasteiger partial charge in [0.1, 0.15) is 12.4 Å². The summed E-state index contributed by atoms with van der Waals surface area (Å²) in [5.74, 6) is 0.987. The number of amides is 1. The quantitative estimate of drug-likeness (QED) is 0.837. The van der Waals surface area contributed by atoms with Crippen molar-refractivity contribution in [3.8, 4) is 5.75 Å². The number of nitrogens with zero attached hydrogens (tertiary/aromatic N) is 2. The van der Waals surface area contributed by atoms with Gasteiger partial charge in [-0.25, -0.2) is 0 Å². The van der Waals surface area contributed by atoms with Gasteiger partial charge in [0.15, 0.2) is 0 Å². The molecule has 4 nitrogen and oxygen atoms in total. The molecule has 0 spiro atoms. The molecule has 1 amide bonds. The summed E-state index contributed by atoms with van der Waals surface area (Å²) in [6.07, 6.45) is 1.04. The average Bonchev–Trinajstić information content (AvgIpc) is 2.93. The first-order valence-electron chi connectivity index (χ1n) is 9.04. The molecule has 0 radical (unpaired) electrons. The maximum absolute atomic E-state index is 12.7. The van der Waals surface area contributed by atoms with Gasteiger partial charge in [0.2, 0.25) is 0 Å². The highest BCUT2D eigenvalue weighted by atomic mass is 16.5. The number of ether oxygens (including phenoxy) is 1. The highest BCUT2D eigenvalue weighted by molar-refractivity contribution is 5.94. The van der Waals surface area contributed by atoms with Crippen LogP contribution < -0.4 is 4.74 Å². The summed E-state index contributed by atoms with van der Waals surface area (Å²) in [5, 5.41) is 0. The molecule has 1 heterocycles. The second-order valence-corrected chi connectivity index (χ2v) is 6.38. The molecule has 1 aliphatic rings. The lowest BCUT2D eigenvalue weighted by atomic mass is 10.1. The van der Waals surface area contributed by atoms with Gasteiger partial charge in [-0.2, -0.15) is 0 Å². The summed E-state index contributed by atoms with van der Waals surface area (Å²) in [5.41, 5.74) is 1.82. The lowest BCUT2D eigenvalue weighted by molar-refractivity contribution is 0.0761. The van der Waals surface area contributed by atoms with Gasteiger partial charge < -0.3 is 14.5 Å². The Balaban J connectivity index is 1.57. The van der Waals surface area contributed by atoms with Gasteiger partial charge in [0, 0.05) is 25.2 Å². The van der Waals surface area contributed by atoms with Crippen molar-refractivity contribution in [2.45, 2.75) is 20.0 Å². The van der Waals surface area contributed by atoms with Crippen LogP contribution in [-0.2, 0) is 6.61 Å². The van der Waals surface area contributed by atoms with Crippen molar-refractivity contribution in [3.63, 3.8) is 0 Å². The minimum Gasteiger partial charge on any atom is -0.489 e. The van der Waals surface area contributed by atoms with Gasteiger partial charge in [-0.1, -0.05) is 37.3 Å². The van der Waals surface area contributed by atoms with Crippen LogP contribution in [0, 0.1) is 0 Å². The molecule has 25 heavy (non-hydrogen) atoms. The summed E-state index contributed by atoms with van der Waals surface area (Å²) < 4.78 is 5.75. The van der Waals surface area contributed by atoms with Crippen molar-refractivity contribution in [2.24, 2.45) is 0 Å². The third kappa shape index (κ3) is 4.83. The summed E-state index contributed by atoms with van der Waals surface area (Å²) in [6.45, 7) is 7.43. The fourth-order valence-corrected chi connectivity index (χ4v) is 3.10. The Labute approximate surface area is 150 Å². The SMILES string of the molecule is CCN1CCCN(C(=O)c2ccc(COc3ccccc3)cc2)CC1. The maximum Gasteiger partial charge on any atom is 0.253 e. The standard InChI is InChI=1S/C21H26N2O2/c1-2-22-13-6-14-23(16-15-22)21(24)19-11-9-18(10-12-19)17-25-20-7-4-3-5-8-20/h3-5,7-12H,2,6,13-17H2,1H3. The van der Waals surface area contributed by atoms with Crippen molar-refractivity contribution >= 4 is 5.91 Å². The number of carbonyl (C=O) groups excluding carboxylic acids is 1. The summed E-state index contributed by atoms with van der Waals surface area (Å²) in [6, 6.07) is 17.5. The van der Waals surface area contributed by atoms with Gasteiger partial charge >= 0.3 is 0 Å². The largest absolute Gasteiger partial charge is 0.489 e. The molecule has 0 unspecified atom stereocenters. The lowest BCUT2D eigenvalue weighted by Gasteiger charge is -2.21.